The summed E-state index contributed by atoms with van der Waals surface area (Å²) in [6.45, 7) is 0.203. The molecule has 0 aliphatic rings. The fraction of sp³-hybridized carbons (Fsp3) is 0.0667. The minimum absolute atomic E-state index is 0.0526. The van der Waals surface area contributed by atoms with Crippen molar-refractivity contribution in [2.75, 3.05) is 0 Å². The fourth-order valence-electron chi connectivity index (χ4n) is 1.55. The molecular formula is C15H11FN2O2. The lowest BCUT2D eigenvalue weighted by Gasteiger charge is -2.02. The van der Waals surface area contributed by atoms with Crippen LogP contribution in [0.1, 0.15) is 11.3 Å². The molecule has 100 valence electrons. The van der Waals surface area contributed by atoms with Crippen molar-refractivity contribution in [2.45, 2.75) is 6.54 Å². The molecule has 0 radical (unpaired) electrons. The first-order valence-corrected chi connectivity index (χ1v) is 5.87. The molecule has 0 atom stereocenters. The maximum Gasteiger partial charge on any atom is 0.262 e. The van der Waals surface area contributed by atoms with Crippen molar-refractivity contribution in [3.8, 4) is 6.07 Å². The smallest absolute Gasteiger partial charge is 0.262 e. The van der Waals surface area contributed by atoms with Crippen LogP contribution in [-0.4, -0.2) is 5.91 Å². The van der Waals surface area contributed by atoms with Gasteiger partial charge in [0.15, 0.2) is 0 Å². The number of furan rings is 1. The number of nitrogens with zero attached hydrogens (tertiary/aromatic N) is 1. The van der Waals surface area contributed by atoms with Crippen LogP contribution in [0.4, 0.5) is 4.39 Å². The Labute approximate surface area is 115 Å². The zero-order valence-corrected chi connectivity index (χ0v) is 10.5. The van der Waals surface area contributed by atoms with Crippen LogP contribution in [0, 0.1) is 17.1 Å². The van der Waals surface area contributed by atoms with E-state index < -0.39 is 5.91 Å². The molecule has 20 heavy (non-hydrogen) atoms. The first-order valence-electron chi connectivity index (χ1n) is 5.87. The van der Waals surface area contributed by atoms with E-state index in [4.69, 9.17) is 9.68 Å². The fourth-order valence-corrected chi connectivity index (χ4v) is 1.55. The SMILES string of the molecule is N#C/C(=C/c1ccc(F)cc1)C(=O)NCc1ccco1. The van der Waals surface area contributed by atoms with Crippen LogP contribution in [0.15, 0.2) is 52.7 Å². The van der Waals surface area contributed by atoms with Gasteiger partial charge in [-0.15, -0.1) is 0 Å². The highest BCUT2D eigenvalue weighted by atomic mass is 19.1. The lowest BCUT2D eigenvalue weighted by molar-refractivity contribution is -0.117. The molecule has 0 bridgehead atoms. The Bertz CT molecular complexity index is 652. The minimum atomic E-state index is -0.506. The van der Waals surface area contributed by atoms with E-state index in [0.717, 1.165) is 0 Å². The number of rotatable bonds is 4. The Kier molecular flexibility index (Phi) is 4.30. The van der Waals surface area contributed by atoms with Crippen LogP contribution >= 0.6 is 0 Å². The van der Waals surface area contributed by atoms with Gasteiger partial charge in [-0.25, -0.2) is 4.39 Å². The summed E-state index contributed by atoms with van der Waals surface area (Å²) in [4.78, 5) is 11.8. The van der Waals surface area contributed by atoms with Crippen LogP contribution in [0.25, 0.3) is 6.08 Å². The molecule has 0 spiro atoms. The standard InChI is InChI=1S/C15H11FN2O2/c16-13-5-3-11(4-6-13)8-12(9-17)15(19)18-10-14-2-1-7-20-14/h1-8H,10H2,(H,18,19)/b12-8-. The molecule has 4 nitrogen and oxygen atoms in total. The van der Waals surface area contributed by atoms with Gasteiger partial charge in [0.1, 0.15) is 23.2 Å². The largest absolute Gasteiger partial charge is 0.467 e. The van der Waals surface area contributed by atoms with Gasteiger partial charge in [0.25, 0.3) is 5.91 Å². The van der Waals surface area contributed by atoms with Gasteiger partial charge in [-0.3, -0.25) is 4.79 Å². The zero-order chi connectivity index (χ0) is 14.4. The average molecular weight is 270 g/mol. The van der Waals surface area contributed by atoms with Crippen LogP contribution in [0.5, 0.6) is 0 Å². The van der Waals surface area contributed by atoms with Crippen LogP contribution < -0.4 is 5.32 Å². The average Bonchev–Trinajstić information content (AvgIpc) is 2.97. The summed E-state index contributed by atoms with van der Waals surface area (Å²) in [6, 6.07) is 10.8. The van der Waals surface area contributed by atoms with Crippen molar-refractivity contribution in [3.63, 3.8) is 0 Å². The third-order valence-electron chi connectivity index (χ3n) is 2.55. The van der Waals surface area contributed by atoms with E-state index in [0.29, 0.717) is 11.3 Å². The number of hydrogen-bond acceptors (Lipinski definition) is 3. The van der Waals surface area contributed by atoms with Crippen LogP contribution in [0.3, 0.4) is 0 Å². The van der Waals surface area contributed by atoms with Crippen molar-refractivity contribution in [2.24, 2.45) is 0 Å². The molecule has 1 amide bonds. The molecule has 1 aromatic heterocycles. The van der Waals surface area contributed by atoms with E-state index in [2.05, 4.69) is 5.32 Å². The molecule has 5 heteroatoms. The van der Waals surface area contributed by atoms with Crippen molar-refractivity contribution in [1.82, 2.24) is 5.32 Å². The van der Waals surface area contributed by atoms with Gasteiger partial charge in [-0.05, 0) is 35.9 Å². The number of hydrogen-bond donors (Lipinski definition) is 1. The van der Waals surface area contributed by atoms with Crippen molar-refractivity contribution >= 4 is 12.0 Å². The maximum atomic E-state index is 12.8. The molecule has 1 N–H and O–H groups in total. The number of halogens is 1. The van der Waals surface area contributed by atoms with E-state index in [9.17, 15) is 9.18 Å². The number of carbonyl (C=O) groups excluding carboxylic acids is 1. The van der Waals surface area contributed by atoms with Gasteiger partial charge >= 0.3 is 0 Å². The van der Waals surface area contributed by atoms with Crippen LogP contribution in [0.2, 0.25) is 0 Å². The number of carbonyl (C=O) groups is 1. The summed E-state index contributed by atoms with van der Waals surface area (Å²) in [6.07, 6.45) is 2.90. The Hall–Kier alpha value is -2.87. The van der Waals surface area contributed by atoms with E-state index in [-0.39, 0.29) is 17.9 Å². The van der Waals surface area contributed by atoms with E-state index in [1.165, 1.54) is 36.6 Å². The van der Waals surface area contributed by atoms with E-state index in [1.807, 2.05) is 6.07 Å². The number of amides is 1. The second kappa shape index (κ2) is 6.34. The molecular weight excluding hydrogens is 259 g/mol. The first-order chi connectivity index (χ1) is 9.69. The van der Waals surface area contributed by atoms with Gasteiger partial charge in [-0.1, -0.05) is 12.1 Å². The maximum absolute atomic E-state index is 12.8. The molecule has 0 aliphatic carbocycles. The highest BCUT2D eigenvalue weighted by Crippen LogP contribution is 2.08. The summed E-state index contributed by atoms with van der Waals surface area (Å²) in [7, 11) is 0. The predicted molar refractivity (Wildman–Crippen MR) is 70.5 cm³/mol. The molecule has 2 rings (SSSR count). The summed E-state index contributed by atoms with van der Waals surface area (Å²) < 4.78 is 17.8. The molecule has 0 saturated carbocycles. The summed E-state index contributed by atoms with van der Waals surface area (Å²) in [5, 5.41) is 11.6. The van der Waals surface area contributed by atoms with E-state index >= 15 is 0 Å². The first kappa shape index (κ1) is 13.6. The van der Waals surface area contributed by atoms with Gasteiger partial charge in [-0.2, -0.15) is 5.26 Å². The summed E-state index contributed by atoms with van der Waals surface area (Å²) in [5.74, 6) is -0.284. The topological polar surface area (TPSA) is 66.0 Å². The lowest BCUT2D eigenvalue weighted by atomic mass is 10.1. The van der Waals surface area contributed by atoms with Gasteiger partial charge < -0.3 is 9.73 Å². The normalized spacial score (nSPS) is 10.9. The lowest BCUT2D eigenvalue weighted by Crippen LogP contribution is -2.23. The Morgan fingerprint density at radius 2 is 2.10 bits per heavy atom. The molecule has 1 aromatic carbocycles. The molecule has 0 unspecified atom stereocenters. The Morgan fingerprint density at radius 1 is 1.35 bits per heavy atom. The number of benzene rings is 1. The summed E-state index contributed by atoms with van der Waals surface area (Å²) in [5.41, 5.74) is 0.527. The Morgan fingerprint density at radius 3 is 2.70 bits per heavy atom. The van der Waals surface area contributed by atoms with E-state index in [1.54, 1.807) is 12.1 Å². The van der Waals surface area contributed by atoms with Gasteiger partial charge in [0, 0.05) is 0 Å². The van der Waals surface area contributed by atoms with Crippen molar-refractivity contribution in [3.05, 3.63) is 65.4 Å². The van der Waals surface area contributed by atoms with Gasteiger partial charge in [0.2, 0.25) is 0 Å². The highest BCUT2D eigenvalue weighted by molar-refractivity contribution is 6.01. The molecule has 0 aliphatic heterocycles. The third kappa shape index (κ3) is 3.56. The predicted octanol–water partition coefficient (Wildman–Crippen LogP) is 2.64. The molecule has 2 aromatic rings. The van der Waals surface area contributed by atoms with Crippen molar-refractivity contribution < 1.29 is 13.6 Å². The third-order valence-corrected chi connectivity index (χ3v) is 2.55. The number of nitrogens with one attached hydrogen (secondary N) is 1. The second-order valence-corrected chi connectivity index (χ2v) is 3.98. The minimum Gasteiger partial charge on any atom is -0.467 e. The number of nitriles is 1. The summed E-state index contributed by atoms with van der Waals surface area (Å²) >= 11 is 0. The van der Waals surface area contributed by atoms with Crippen LogP contribution in [-0.2, 0) is 11.3 Å². The zero-order valence-electron chi connectivity index (χ0n) is 10.5. The Balaban J connectivity index is 2.05. The highest BCUT2D eigenvalue weighted by Gasteiger charge is 2.09. The second-order valence-electron chi connectivity index (χ2n) is 3.98. The quantitative estimate of drug-likeness (QED) is 0.686. The van der Waals surface area contributed by atoms with Crippen molar-refractivity contribution in [1.29, 1.82) is 5.26 Å². The molecule has 1 heterocycles. The molecule has 0 saturated heterocycles. The monoisotopic (exact) mass is 270 g/mol. The van der Waals surface area contributed by atoms with Gasteiger partial charge in [0.05, 0.1) is 12.8 Å². The molecule has 0 fully saturated rings.